The number of rotatable bonds is 3. The number of aliphatic hydroxyl groups is 1. The molecule has 0 saturated carbocycles. The molecule has 0 aliphatic carbocycles. The number of benzene rings is 1. The molecule has 0 aliphatic rings. The summed E-state index contributed by atoms with van der Waals surface area (Å²) < 4.78 is 0. The third-order valence-electron chi connectivity index (χ3n) is 3.60. The van der Waals surface area contributed by atoms with Crippen molar-refractivity contribution < 1.29 is 9.90 Å². The lowest BCUT2D eigenvalue weighted by Gasteiger charge is -2.14. The summed E-state index contributed by atoms with van der Waals surface area (Å²) in [5.41, 5.74) is 2.98. The third-order valence-corrected chi connectivity index (χ3v) is 3.60. The summed E-state index contributed by atoms with van der Waals surface area (Å²) >= 11 is 0. The van der Waals surface area contributed by atoms with E-state index < -0.39 is 5.60 Å². The molecule has 5 heteroatoms. The molecule has 0 radical (unpaired) electrons. The van der Waals surface area contributed by atoms with E-state index in [1.807, 2.05) is 26.8 Å². The Labute approximate surface area is 142 Å². The van der Waals surface area contributed by atoms with Crippen molar-refractivity contribution in [3.63, 3.8) is 0 Å². The molecule has 5 nitrogen and oxygen atoms in total. The van der Waals surface area contributed by atoms with Crippen LogP contribution in [0.2, 0.25) is 0 Å². The number of nitrogens with one attached hydrogen (secondary N) is 2. The molecule has 1 heterocycles. The first-order chi connectivity index (χ1) is 11.2. The van der Waals surface area contributed by atoms with Crippen LogP contribution in [0, 0.1) is 25.7 Å². The topological polar surface area (TPSA) is 78.0 Å². The van der Waals surface area contributed by atoms with E-state index in [1.165, 1.54) is 0 Å². The Bertz CT molecular complexity index is 784. The molecule has 1 amide bonds. The van der Waals surface area contributed by atoms with Gasteiger partial charge in [0.25, 0.3) is 5.91 Å². The fraction of sp³-hybridized carbons (Fsp3) is 0.368. The summed E-state index contributed by atoms with van der Waals surface area (Å²) in [6, 6.07) is 6.90. The maximum Gasteiger partial charge on any atom is 0.251 e. The fourth-order valence-electron chi connectivity index (χ4n) is 2.51. The van der Waals surface area contributed by atoms with Crippen molar-refractivity contribution in [2.24, 2.45) is 0 Å². The van der Waals surface area contributed by atoms with Crippen LogP contribution in [0.1, 0.15) is 59.7 Å². The SMILES string of the molecule is Cc1n[nH]c(C)c1[C@@H](C)NC(=O)c1cccc(C#CC(C)(C)O)c1. The van der Waals surface area contributed by atoms with Crippen molar-refractivity contribution in [1.29, 1.82) is 0 Å². The highest BCUT2D eigenvalue weighted by molar-refractivity contribution is 5.94. The predicted molar refractivity (Wildman–Crippen MR) is 93.6 cm³/mol. The first kappa shape index (κ1) is 17.8. The summed E-state index contributed by atoms with van der Waals surface area (Å²) in [7, 11) is 0. The fourth-order valence-corrected chi connectivity index (χ4v) is 2.51. The molecule has 3 N–H and O–H groups in total. The average Bonchev–Trinajstić information content (AvgIpc) is 2.84. The molecule has 0 aliphatic heterocycles. The second kappa shape index (κ2) is 6.90. The summed E-state index contributed by atoms with van der Waals surface area (Å²) in [5.74, 6) is 5.46. The van der Waals surface area contributed by atoms with E-state index in [4.69, 9.17) is 0 Å². The van der Waals surface area contributed by atoms with E-state index >= 15 is 0 Å². The Hall–Kier alpha value is -2.58. The van der Waals surface area contributed by atoms with Crippen molar-refractivity contribution in [2.75, 3.05) is 0 Å². The van der Waals surface area contributed by atoms with E-state index in [2.05, 4.69) is 27.4 Å². The first-order valence-corrected chi connectivity index (χ1v) is 7.85. The molecule has 1 aromatic carbocycles. The first-order valence-electron chi connectivity index (χ1n) is 7.85. The maximum absolute atomic E-state index is 12.5. The van der Waals surface area contributed by atoms with E-state index in [0.717, 1.165) is 17.0 Å². The molecule has 2 rings (SSSR count). The number of carbonyl (C=O) groups excluding carboxylic acids is 1. The zero-order chi connectivity index (χ0) is 17.9. The van der Waals surface area contributed by atoms with Crippen LogP contribution in [0.15, 0.2) is 24.3 Å². The largest absolute Gasteiger partial charge is 0.378 e. The van der Waals surface area contributed by atoms with E-state index in [1.54, 1.807) is 32.0 Å². The molecule has 0 bridgehead atoms. The highest BCUT2D eigenvalue weighted by atomic mass is 16.3. The van der Waals surface area contributed by atoms with Gasteiger partial charge in [0.1, 0.15) is 5.60 Å². The van der Waals surface area contributed by atoms with Gasteiger partial charge in [-0.15, -0.1) is 0 Å². The normalized spacial score (nSPS) is 12.2. The number of aromatic nitrogens is 2. The van der Waals surface area contributed by atoms with Gasteiger partial charge in [0, 0.05) is 22.4 Å². The lowest BCUT2D eigenvalue weighted by Crippen LogP contribution is -2.27. The molecule has 0 saturated heterocycles. The molecule has 2 aromatic rings. The van der Waals surface area contributed by atoms with Crippen LogP contribution in [0.25, 0.3) is 0 Å². The molecular weight excluding hydrogens is 302 g/mol. The van der Waals surface area contributed by atoms with Crippen molar-refractivity contribution in [3.05, 3.63) is 52.3 Å². The van der Waals surface area contributed by atoms with Gasteiger partial charge in [-0.1, -0.05) is 17.9 Å². The summed E-state index contributed by atoms with van der Waals surface area (Å²) in [5, 5.41) is 19.7. The van der Waals surface area contributed by atoms with Crippen LogP contribution in [0.5, 0.6) is 0 Å². The summed E-state index contributed by atoms with van der Waals surface area (Å²) in [6.45, 7) is 9.02. The molecule has 0 spiro atoms. The second-order valence-electron chi connectivity index (χ2n) is 6.43. The smallest absolute Gasteiger partial charge is 0.251 e. The maximum atomic E-state index is 12.5. The number of hydrogen-bond acceptors (Lipinski definition) is 3. The summed E-state index contributed by atoms with van der Waals surface area (Å²) in [4.78, 5) is 12.5. The van der Waals surface area contributed by atoms with Gasteiger partial charge < -0.3 is 10.4 Å². The van der Waals surface area contributed by atoms with Crippen LogP contribution in [-0.2, 0) is 0 Å². The number of nitrogens with zero attached hydrogens (tertiary/aromatic N) is 1. The minimum atomic E-state index is -1.07. The number of hydrogen-bond donors (Lipinski definition) is 3. The number of aryl methyl sites for hydroxylation is 2. The van der Waals surface area contributed by atoms with Crippen molar-refractivity contribution in [2.45, 2.75) is 46.3 Å². The van der Waals surface area contributed by atoms with Gasteiger partial charge in [0.2, 0.25) is 0 Å². The van der Waals surface area contributed by atoms with Crippen molar-refractivity contribution in [3.8, 4) is 11.8 Å². The molecule has 0 fully saturated rings. The highest BCUT2D eigenvalue weighted by Gasteiger charge is 2.17. The standard InChI is InChI=1S/C19H23N3O2/c1-12(17-13(2)21-22-14(17)3)20-18(23)16-8-6-7-15(11-16)9-10-19(4,5)24/h6-8,11-12,24H,1-5H3,(H,20,23)(H,21,22)/t12-/m1/s1. The zero-order valence-corrected chi connectivity index (χ0v) is 14.7. The molecule has 1 aromatic heterocycles. The van der Waals surface area contributed by atoms with Gasteiger partial charge in [-0.2, -0.15) is 5.10 Å². The van der Waals surface area contributed by atoms with Crippen molar-refractivity contribution >= 4 is 5.91 Å². The van der Waals surface area contributed by atoms with Crippen LogP contribution >= 0.6 is 0 Å². The second-order valence-corrected chi connectivity index (χ2v) is 6.43. The average molecular weight is 325 g/mol. The Balaban J connectivity index is 2.17. The number of carbonyl (C=O) groups is 1. The van der Waals surface area contributed by atoms with Gasteiger partial charge >= 0.3 is 0 Å². The van der Waals surface area contributed by atoms with Crippen LogP contribution in [0.3, 0.4) is 0 Å². The minimum absolute atomic E-state index is 0.151. The number of H-pyrrole nitrogens is 1. The lowest BCUT2D eigenvalue weighted by atomic mass is 10.0. The van der Waals surface area contributed by atoms with Gasteiger partial charge in [-0.05, 0) is 52.8 Å². The molecule has 126 valence electrons. The molecular formula is C19H23N3O2. The predicted octanol–water partition coefficient (Wildman–Crippen LogP) is 2.64. The van der Waals surface area contributed by atoms with Crippen LogP contribution in [-0.4, -0.2) is 26.8 Å². The van der Waals surface area contributed by atoms with Crippen LogP contribution < -0.4 is 5.32 Å². The van der Waals surface area contributed by atoms with Crippen LogP contribution in [0.4, 0.5) is 0 Å². The lowest BCUT2D eigenvalue weighted by molar-refractivity contribution is 0.0939. The quantitative estimate of drug-likeness (QED) is 0.759. The Morgan fingerprint density at radius 3 is 2.67 bits per heavy atom. The van der Waals surface area contributed by atoms with Crippen molar-refractivity contribution in [1.82, 2.24) is 15.5 Å². The monoisotopic (exact) mass is 325 g/mol. The van der Waals surface area contributed by atoms with Gasteiger partial charge in [-0.3, -0.25) is 9.89 Å². The van der Waals surface area contributed by atoms with E-state index in [-0.39, 0.29) is 11.9 Å². The minimum Gasteiger partial charge on any atom is -0.378 e. The van der Waals surface area contributed by atoms with E-state index in [9.17, 15) is 9.90 Å². The Kier molecular flexibility index (Phi) is 5.10. The van der Waals surface area contributed by atoms with Gasteiger partial charge in [0.05, 0.1) is 11.7 Å². The Morgan fingerprint density at radius 1 is 1.38 bits per heavy atom. The third kappa shape index (κ3) is 4.46. The van der Waals surface area contributed by atoms with Gasteiger partial charge in [0.15, 0.2) is 0 Å². The molecule has 24 heavy (non-hydrogen) atoms. The van der Waals surface area contributed by atoms with Gasteiger partial charge in [-0.25, -0.2) is 0 Å². The highest BCUT2D eigenvalue weighted by Crippen LogP contribution is 2.19. The zero-order valence-electron chi connectivity index (χ0n) is 14.7. The number of aromatic amines is 1. The van der Waals surface area contributed by atoms with E-state index in [0.29, 0.717) is 11.1 Å². The Morgan fingerprint density at radius 2 is 2.08 bits per heavy atom. The number of amides is 1. The molecule has 1 atom stereocenters. The molecule has 0 unspecified atom stereocenters. The summed E-state index contributed by atoms with van der Waals surface area (Å²) in [6.07, 6.45) is 0.